The van der Waals surface area contributed by atoms with E-state index < -0.39 is 23.0 Å². The van der Waals surface area contributed by atoms with E-state index >= 15 is 0 Å². The van der Waals surface area contributed by atoms with Crippen LogP contribution in [0, 0.1) is 0 Å². The average molecular weight is 479 g/mol. The van der Waals surface area contributed by atoms with Gasteiger partial charge in [0.25, 0.3) is 0 Å². The molecule has 4 aromatic carbocycles. The fourth-order valence-corrected chi connectivity index (χ4v) is 4.57. The molecule has 0 amide bonds. The van der Waals surface area contributed by atoms with Gasteiger partial charge in [-0.1, -0.05) is 125 Å². The van der Waals surface area contributed by atoms with Crippen LogP contribution in [0.2, 0.25) is 0 Å². The molecule has 0 bridgehead atoms. The third-order valence-electron chi connectivity index (χ3n) is 6.86. The van der Waals surface area contributed by atoms with Crippen LogP contribution in [0.25, 0.3) is 0 Å². The van der Waals surface area contributed by atoms with E-state index in [4.69, 9.17) is 9.47 Å². The summed E-state index contributed by atoms with van der Waals surface area (Å²) in [5.41, 5.74) is 0.795. The number of ketones is 1. The Morgan fingerprint density at radius 2 is 0.778 bits per heavy atom. The van der Waals surface area contributed by atoms with Crippen LogP contribution in [0.1, 0.15) is 38.8 Å². The molecule has 0 fully saturated rings. The lowest BCUT2D eigenvalue weighted by Gasteiger charge is -2.40. The summed E-state index contributed by atoms with van der Waals surface area (Å²) in [4.78, 5) is 14.6. The van der Waals surface area contributed by atoms with Gasteiger partial charge in [-0.2, -0.15) is 0 Å². The highest BCUT2D eigenvalue weighted by molar-refractivity contribution is 5.91. The second-order valence-electron chi connectivity index (χ2n) is 10.2. The van der Waals surface area contributed by atoms with Crippen molar-refractivity contribution in [3.8, 4) is 11.5 Å². The van der Waals surface area contributed by atoms with Gasteiger partial charge in [0.05, 0.1) is 0 Å². The zero-order valence-electron chi connectivity index (χ0n) is 21.4. The average Bonchev–Trinajstić information content (AvgIpc) is 2.92. The number of hydrogen-bond donors (Lipinski definition) is 0. The fourth-order valence-electron chi connectivity index (χ4n) is 4.57. The van der Waals surface area contributed by atoms with E-state index in [-0.39, 0.29) is 5.78 Å². The van der Waals surface area contributed by atoms with Crippen LogP contribution in [-0.2, 0) is 15.6 Å². The van der Waals surface area contributed by atoms with E-state index in [1.165, 1.54) is 0 Å². The number of Topliss-reactive ketones (excluding diaryl/α,β-unsaturated/α-hetero) is 1. The van der Waals surface area contributed by atoms with Crippen LogP contribution in [-0.4, -0.2) is 18.0 Å². The second kappa shape index (κ2) is 10.8. The lowest BCUT2D eigenvalue weighted by molar-refractivity contribution is -0.138. The van der Waals surface area contributed by atoms with Crippen LogP contribution in [0.4, 0.5) is 0 Å². The Morgan fingerprint density at radius 3 is 1.08 bits per heavy atom. The van der Waals surface area contributed by atoms with Gasteiger partial charge < -0.3 is 9.47 Å². The van der Waals surface area contributed by atoms with Gasteiger partial charge in [-0.25, -0.2) is 0 Å². The number of ether oxygens (including phenoxy) is 2. The molecule has 184 valence electrons. The highest BCUT2D eigenvalue weighted by atomic mass is 16.5. The first-order chi connectivity index (χ1) is 17.3. The number of para-hydroxylation sites is 2. The molecule has 0 heterocycles. The fraction of sp³-hybridized carbons (Fsp3) is 0.242. The first kappa shape index (κ1) is 25.2. The first-order valence-electron chi connectivity index (χ1n) is 12.4. The molecule has 2 atom stereocenters. The Hall–Kier alpha value is -3.85. The van der Waals surface area contributed by atoms with Crippen molar-refractivity contribution in [3.63, 3.8) is 0 Å². The predicted molar refractivity (Wildman–Crippen MR) is 146 cm³/mol. The smallest absolute Gasteiger partial charge is 0.215 e. The van der Waals surface area contributed by atoms with Crippen molar-refractivity contribution >= 4 is 5.78 Å². The highest BCUT2D eigenvalue weighted by Crippen LogP contribution is 2.37. The quantitative estimate of drug-likeness (QED) is 0.238. The summed E-state index contributed by atoms with van der Waals surface area (Å²) in [7, 11) is 0. The van der Waals surface area contributed by atoms with Gasteiger partial charge in [0.15, 0.2) is 12.2 Å². The minimum Gasteiger partial charge on any atom is -0.482 e. The predicted octanol–water partition coefficient (Wildman–Crippen LogP) is 7.41. The molecule has 0 saturated carbocycles. The van der Waals surface area contributed by atoms with Crippen molar-refractivity contribution < 1.29 is 14.3 Å². The van der Waals surface area contributed by atoms with E-state index in [2.05, 4.69) is 27.7 Å². The summed E-state index contributed by atoms with van der Waals surface area (Å²) < 4.78 is 13.0. The normalized spacial score (nSPS) is 13.4. The third kappa shape index (κ3) is 5.52. The molecule has 0 spiro atoms. The second-order valence-corrected chi connectivity index (χ2v) is 10.2. The number of benzene rings is 4. The molecular formula is C33H34O3. The Morgan fingerprint density at radius 1 is 0.500 bits per heavy atom. The van der Waals surface area contributed by atoms with E-state index in [1.54, 1.807) is 0 Å². The van der Waals surface area contributed by atoms with Crippen molar-refractivity contribution in [2.75, 3.05) is 0 Å². The van der Waals surface area contributed by atoms with Crippen molar-refractivity contribution in [1.82, 2.24) is 0 Å². The summed E-state index contributed by atoms with van der Waals surface area (Å²) >= 11 is 0. The summed E-state index contributed by atoms with van der Waals surface area (Å²) in [5, 5.41) is 0. The molecule has 4 aromatic rings. The zero-order valence-corrected chi connectivity index (χ0v) is 21.4. The maximum absolute atomic E-state index is 14.6. The van der Waals surface area contributed by atoms with Gasteiger partial charge in [0.2, 0.25) is 5.78 Å². The summed E-state index contributed by atoms with van der Waals surface area (Å²) in [6.45, 7) is 8.23. The zero-order chi connectivity index (χ0) is 25.6. The number of carbonyl (C=O) groups is 1. The minimum atomic E-state index is -0.793. The molecule has 0 N–H and O–H groups in total. The van der Waals surface area contributed by atoms with Crippen LogP contribution in [0.3, 0.4) is 0 Å². The van der Waals surface area contributed by atoms with Crippen LogP contribution >= 0.6 is 0 Å². The van der Waals surface area contributed by atoms with Crippen LogP contribution in [0.15, 0.2) is 121 Å². The minimum absolute atomic E-state index is 0.106. The summed E-state index contributed by atoms with van der Waals surface area (Å²) in [5.74, 6) is 1.19. The lowest BCUT2D eigenvalue weighted by Crippen LogP contribution is -2.55. The van der Waals surface area contributed by atoms with E-state index in [1.807, 2.05) is 121 Å². The van der Waals surface area contributed by atoms with Crippen molar-refractivity contribution in [3.05, 3.63) is 132 Å². The standard InChI is InChI=1S/C33H34O3/c1-32(2,25-17-9-5-10-18-25)30(35-27-21-13-7-14-22-27)29(34)31(36-28-23-15-8-16-24-28)33(3,4)26-19-11-6-12-20-26/h5-24,30-31H,1-4H3. The topological polar surface area (TPSA) is 35.5 Å². The van der Waals surface area contributed by atoms with Crippen LogP contribution in [0.5, 0.6) is 11.5 Å². The van der Waals surface area contributed by atoms with E-state index in [9.17, 15) is 4.79 Å². The highest BCUT2D eigenvalue weighted by Gasteiger charge is 2.48. The molecule has 0 radical (unpaired) electrons. The molecular weight excluding hydrogens is 444 g/mol. The summed E-state index contributed by atoms with van der Waals surface area (Å²) in [6, 6.07) is 39.2. The van der Waals surface area contributed by atoms with Gasteiger partial charge in [-0.3, -0.25) is 4.79 Å². The molecule has 0 aliphatic rings. The lowest BCUT2D eigenvalue weighted by atomic mass is 9.71. The van der Waals surface area contributed by atoms with Gasteiger partial charge in [-0.05, 0) is 35.4 Å². The Labute approximate surface area is 214 Å². The van der Waals surface area contributed by atoms with E-state index in [0.717, 1.165) is 11.1 Å². The van der Waals surface area contributed by atoms with Crippen molar-refractivity contribution in [2.45, 2.75) is 50.7 Å². The van der Waals surface area contributed by atoms with E-state index in [0.29, 0.717) is 11.5 Å². The Balaban J connectivity index is 1.81. The third-order valence-corrected chi connectivity index (χ3v) is 6.86. The Kier molecular flexibility index (Phi) is 7.59. The Bertz CT molecular complexity index is 1130. The first-order valence-corrected chi connectivity index (χ1v) is 12.4. The molecule has 0 aromatic heterocycles. The number of carbonyl (C=O) groups excluding carboxylic acids is 1. The monoisotopic (exact) mass is 478 g/mol. The molecule has 0 aliphatic carbocycles. The molecule has 0 aliphatic heterocycles. The number of hydrogen-bond acceptors (Lipinski definition) is 3. The molecule has 4 rings (SSSR count). The van der Waals surface area contributed by atoms with Crippen LogP contribution < -0.4 is 9.47 Å². The maximum atomic E-state index is 14.6. The maximum Gasteiger partial charge on any atom is 0.215 e. The largest absolute Gasteiger partial charge is 0.482 e. The van der Waals surface area contributed by atoms with Gasteiger partial charge in [-0.15, -0.1) is 0 Å². The molecule has 36 heavy (non-hydrogen) atoms. The molecule has 3 nitrogen and oxygen atoms in total. The van der Waals surface area contributed by atoms with Gasteiger partial charge >= 0.3 is 0 Å². The number of rotatable bonds is 10. The molecule has 0 saturated heterocycles. The van der Waals surface area contributed by atoms with Gasteiger partial charge in [0, 0.05) is 10.8 Å². The summed E-state index contributed by atoms with van der Waals surface area (Å²) in [6.07, 6.45) is -1.59. The molecule has 2 unspecified atom stereocenters. The SMILES string of the molecule is CC(C)(c1ccccc1)C(Oc1ccccc1)C(=O)C(Oc1ccccc1)C(C)(C)c1ccccc1. The van der Waals surface area contributed by atoms with Crippen molar-refractivity contribution in [1.29, 1.82) is 0 Å². The molecule has 3 heteroatoms. The van der Waals surface area contributed by atoms with Gasteiger partial charge in [0.1, 0.15) is 11.5 Å². The van der Waals surface area contributed by atoms with Crippen molar-refractivity contribution in [2.24, 2.45) is 0 Å².